The van der Waals surface area contributed by atoms with Gasteiger partial charge in [-0.2, -0.15) is 0 Å². The van der Waals surface area contributed by atoms with Crippen LogP contribution < -0.4 is 15.5 Å². The summed E-state index contributed by atoms with van der Waals surface area (Å²) in [5.74, 6) is 1.45. The van der Waals surface area contributed by atoms with Gasteiger partial charge >= 0.3 is 0 Å². The Balaban J connectivity index is 2.71. The van der Waals surface area contributed by atoms with Crippen LogP contribution >= 0.6 is 0 Å². The summed E-state index contributed by atoms with van der Waals surface area (Å²) >= 11 is 0. The monoisotopic (exact) mass is 279 g/mol. The highest BCUT2D eigenvalue weighted by molar-refractivity contribution is 5.81. The highest BCUT2D eigenvalue weighted by Crippen LogP contribution is 2.12. The molecule has 6 nitrogen and oxygen atoms in total. The van der Waals surface area contributed by atoms with E-state index in [-0.39, 0.29) is 11.9 Å². The third-order valence-electron chi connectivity index (χ3n) is 2.67. The van der Waals surface area contributed by atoms with Crippen LogP contribution in [0.25, 0.3) is 0 Å². The Labute approximate surface area is 121 Å². The third kappa shape index (κ3) is 5.42. The van der Waals surface area contributed by atoms with E-state index in [0.717, 1.165) is 18.8 Å². The summed E-state index contributed by atoms with van der Waals surface area (Å²) in [5, 5.41) is 6.08. The number of amides is 1. The third-order valence-corrected chi connectivity index (χ3v) is 2.67. The van der Waals surface area contributed by atoms with Crippen LogP contribution in [0.3, 0.4) is 0 Å². The molecule has 0 fully saturated rings. The Kier molecular flexibility index (Phi) is 6.76. The van der Waals surface area contributed by atoms with Crippen molar-refractivity contribution < 1.29 is 4.79 Å². The van der Waals surface area contributed by atoms with Gasteiger partial charge in [-0.3, -0.25) is 9.78 Å². The molecule has 0 radical (unpaired) electrons. The fourth-order valence-electron chi connectivity index (χ4n) is 1.74. The van der Waals surface area contributed by atoms with Gasteiger partial charge in [-0.25, -0.2) is 4.98 Å². The standard InChI is InChI=1S/C14H25N5O/c1-5-7-16-12-8-15-9-13(18-12)19(6-2)10-14(20)17-11(3)4/h8-9,11H,5-7,10H2,1-4H3,(H,16,18)(H,17,20). The minimum absolute atomic E-state index is 0.00410. The van der Waals surface area contributed by atoms with Crippen LogP contribution in [0.1, 0.15) is 34.1 Å². The number of nitrogens with zero attached hydrogens (tertiary/aromatic N) is 3. The van der Waals surface area contributed by atoms with Gasteiger partial charge in [-0.1, -0.05) is 6.92 Å². The zero-order chi connectivity index (χ0) is 15.0. The highest BCUT2D eigenvalue weighted by atomic mass is 16.2. The molecule has 6 heteroatoms. The molecule has 112 valence electrons. The van der Waals surface area contributed by atoms with E-state index in [4.69, 9.17) is 0 Å². The molecule has 1 heterocycles. The number of carbonyl (C=O) groups excluding carboxylic acids is 1. The van der Waals surface area contributed by atoms with E-state index in [1.54, 1.807) is 12.4 Å². The first-order valence-corrected chi connectivity index (χ1v) is 7.17. The topological polar surface area (TPSA) is 70.2 Å². The van der Waals surface area contributed by atoms with Gasteiger partial charge < -0.3 is 15.5 Å². The van der Waals surface area contributed by atoms with Crippen LogP contribution in [0.5, 0.6) is 0 Å². The fraction of sp³-hybridized carbons (Fsp3) is 0.643. The van der Waals surface area contributed by atoms with Gasteiger partial charge in [0.1, 0.15) is 11.6 Å². The predicted octanol–water partition coefficient (Wildman–Crippen LogP) is 1.65. The van der Waals surface area contributed by atoms with E-state index < -0.39 is 0 Å². The molecule has 0 aromatic carbocycles. The van der Waals surface area contributed by atoms with E-state index >= 15 is 0 Å². The molecule has 0 aliphatic rings. The van der Waals surface area contributed by atoms with Crippen LogP contribution in [0.15, 0.2) is 12.4 Å². The van der Waals surface area contributed by atoms with Crippen LogP contribution in [0.4, 0.5) is 11.6 Å². The highest BCUT2D eigenvalue weighted by Gasteiger charge is 2.12. The number of rotatable bonds is 8. The molecule has 2 N–H and O–H groups in total. The second-order valence-corrected chi connectivity index (χ2v) is 4.93. The van der Waals surface area contributed by atoms with E-state index in [0.29, 0.717) is 18.9 Å². The molecule has 0 unspecified atom stereocenters. The first-order chi connectivity index (χ1) is 9.56. The van der Waals surface area contributed by atoms with E-state index in [9.17, 15) is 4.79 Å². The molecule has 0 atom stereocenters. The van der Waals surface area contributed by atoms with Crippen LogP contribution in [0.2, 0.25) is 0 Å². The van der Waals surface area contributed by atoms with Gasteiger partial charge in [0.25, 0.3) is 0 Å². The number of nitrogens with one attached hydrogen (secondary N) is 2. The number of hydrogen-bond donors (Lipinski definition) is 2. The number of anilines is 2. The molecule has 0 bridgehead atoms. The van der Waals surface area contributed by atoms with Gasteiger partial charge in [0, 0.05) is 19.1 Å². The molecular weight excluding hydrogens is 254 g/mol. The predicted molar refractivity (Wildman–Crippen MR) is 82.0 cm³/mol. The zero-order valence-corrected chi connectivity index (χ0v) is 12.8. The summed E-state index contributed by atoms with van der Waals surface area (Å²) in [6.07, 6.45) is 4.41. The van der Waals surface area contributed by atoms with Crippen molar-refractivity contribution in [3.8, 4) is 0 Å². The summed E-state index contributed by atoms with van der Waals surface area (Å²) in [5.41, 5.74) is 0. The van der Waals surface area contributed by atoms with E-state index in [1.165, 1.54) is 0 Å². The molecule has 1 amide bonds. The summed E-state index contributed by atoms with van der Waals surface area (Å²) in [7, 11) is 0. The second-order valence-electron chi connectivity index (χ2n) is 4.93. The van der Waals surface area contributed by atoms with Crippen LogP contribution in [0, 0.1) is 0 Å². The molecule has 0 aliphatic heterocycles. The van der Waals surface area contributed by atoms with E-state index in [2.05, 4.69) is 27.5 Å². The average molecular weight is 279 g/mol. The van der Waals surface area contributed by atoms with Crippen LogP contribution in [-0.2, 0) is 4.79 Å². The lowest BCUT2D eigenvalue weighted by atomic mass is 10.3. The Morgan fingerprint density at radius 3 is 2.70 bits per heavy atom. The largest absolute Gasteiger partial charge is 0.369 e. The molecule has 1 rings (SSSR count). The van der Waals surface area contributed by atoms with Crippen molar-refractivity contribution in [3.63, 3.8) is 0 Å². The van der Waals surface area contributed by atoms with Gasteiger partial charge in [-0.15, -0.1) is 0 Å². The number of hydrogen-bond acceptors (Lipinski definition) is 5. The van der Waals surface area contributed by atoms with Gasteiger partial charge in [0.2, 0.25) is 5.91 Å². The molecular formula is C14H25N5O. The maximum absolute atomic E-state index is 11.8. The smallest absolute Gasteiger partial charge is 0.239 e. The maximum Gasteiger partial charge on any atom is 0.239 e. The van der Waals surface area contributed by atoms with Crippen molar-refractivity contribution in [2.75, 3.05) is 29.9 Å². The average Bonchev–Trinajstić information content (AvgIpc) is 2.42. The molecule has 1 aromatic heterocycles. The van der Waals surface area contributed by atoms with Crippen molar-refractivity contribution in [2.45, 2.75) is 40.2 Å². The first kappa shape index (κ1) is 16.2. The van der Waals surface area contributed by atoms with Gasteiger partial charge in [0.15, 0.2) is 0 Å². The summed E-state index contributed by atoms with van der Waals surface area (Å²) in [6.45, 7) is 9.85. The fourth-order valence-corrected chi connectivity index (χ4v) is 1.74. The van der Waals surface area contributed by atoms with Gasteiger partial charge in [0.05, 0.1) is 18.9 Å². The van der Waals surface area contributed by atoms with Crippen molar-refractivity contribution in [2.24, 2.45) is 0 Å². The molecule has 0 spiro atoms. The Morgan fingerprint density at radius 2 is 2.10 bits per heavy atom. The van der Waals surface area contributed by atoms with E-state index in [1.807, 2.05) is 25.7 Å². The SMILES string of the molecule is CCCNc1cncc(N(CC)CC(=O)NC(C)C)n1. The van der Waals surface area contributed by atoms with Crippen molar-refractivity contribution in [3.05, 3.63) is 12.4 Å². The zero-order valence-electron chi connectivity index (χ0n) is 12.8. The minimum Gasteiger partial charge on any atom is -0.369 e. The Morgan fingerprint density at radius 1 is 1.35 bits per heavy atom. The molecule has 20 heavy (non-hydrogen) atoms. The molecule has 1 aromatic rings. The van der Waals surface area contributed by atoms with Crippen molar-refractivity contribution in [1.29, 1.82) is 0 Å². The quantitative estimate of drug-likeness (QED) is 0.757. The lowest BCUT2D eigenvalue weighted by Crippen LogP contribution is -2.40. The lowest BCUT2D eigenvalue weighted by Gasteiger charge is -2.22. The second kappa shape index (κ2) is 8.35. The first-order valence-electron chi connectivity index (χ1n) is 7.17. The number of aromatic nitrogens is 2. The van der Waals surface area contributed by atoms with Gasteiger partial charge in [-0.05, 0) is 27.2 Å². The van der Waals surface area contributed by atoms with Crippen molar-refractivity contribution in [1.82, 2.24) is 15.3 Å². The minimum atomic E-state index is -0.00410. The maximum atomic E-state index is 11.8. The summed E-state index contributed by atoms with van der Waals surface area (Å²) in [4.78, 5) is 22.4. The molecule has 0 saturated heterocycles. The normalized spacial score (nSPS) is 10.4. The Hall–Kier alpha value is -1.85. The number of likely N-dealkylation sites (N-methyl/N-ethyl adjacent to an activating group) is 1. The number of carbonyl (C=O) groups is 1. The summed E-state index contributed by atoms with van der Waals surface area (Å²) in [6, 6.07) is 0.143. The van der Waals surface area contributed by atoms with Crippen molar-refractivity contribution >= 4 is 17.5 Å². The Bertz CT molecular complexity index is 422. The molecule has 0 saturated carbocycles. The molecule has 0 aliphatic carbocycles. The lowest BCUT2D eigenvalue weighted by molar-refractivity contribution is -0.120. The summed E-state index contributed by atoms with van der Waals surface area (Å²) < 4.78 is 0. The van der Waals surface area contributed by atoms with Crippen LogP contribution in [-0.4, -0.2) is 41.6 Å².